The highest BCUT2D eigenvalue weighted by Crippen LogP contribution is 2.36. The number of rotatable bonds is 12. The van der Waals surface area contributed by atoms with Crippen LogP contribution in [0.5, 0.6) is 5.75 Å². The van der Waals surface area contributed by atoms with E-state index in [1.165, 1.54) is 5.56 Å². The van der Waals surface area contributed by atoms with Crippen molar-refractivity contribution < 1.29 is 19.1 Å². The number of nitrogens with zero attached hydrogens (tertiary/aromatic N) is 1. The minimum absolute atomic E-state index is 0.137. The lowest BCUT2D eigenvalue weighted by molar-refractivity contribution is -0.129. The fourth-order valence-corrected chi connectivity index (χ4v) is 4.31. The van der Waals surface area contributed by atoms with E-state index < -0.39 is 0 Å². The average Bonchev–Trinajstić information content (AvgIpc) is 3.14. The molecule has 6 heteroatoms. The first-order chi connectivity index (χ1) is 18.3. The molecule has 1 N–H and O–H groups in total. The van der Waals surface area contributed by atoms with Gasteiger partial charge >= 0.3 is 0 Å². The van der Waals surface area contributed by atoms with Crippen molar-refractivity contribution in [3.8, 4) is 5.75 Å². The van der Waals surface area contributed by atoms with E-state index in [4.69, 9.17) is 4.74 Å². The van der Waals surface area contributed by atoms with Gasteiger partial charge in [-0.3, -0.25) is 9.59 Å². The summed E-state index contributed by atoms with van der Waals surface area (Å²) >= 11 is 0. The number of benzene rings is 2. The third kappa shape index (κ3) is 8.89. The summed E-state index contributed by atoms with van der Waals surface area (Å²) in [5.41, 5.74) is 3.87. The standard InChI is InChI=1S/C24H30N2O2.C8H10O2/c1-24(2)15-20(14-21(16-25-3)19-8-6-5-7-9-19)23(27)26(24)17-18-10-12-22(28-4)13-11-18;1-3-5-8(4-2)6-10-7-9/h5-14,21,25H,15-17H2,1-4H3;3-5,7H,1-2,6H2/b20-14+;8-5+. The van der Waals surface area contributed by atoms with Gasteiger partial charge in [0.25, 0.3) is 6.47 Å². The molecule has 202 valence electrons. The second-order valence-electron chi connectivity index (χ2n) is 9.58. The van der Waals surface area contributed by atoms with E-state index in [-0.39, 0.29) is 24.0 Å². The molecule has 0 spiro atoms. The van der Waals surface area contributed by atoms with Crippen molar-refractivity contribution in [1.82, 2.24) is 10.2 Å². The predicted molar refractivity (Wildman–Crippen MR) is 154 cm³/mol. The van der Waals surface area contributed by atoms with Crippen LogP contribution in [0.25, 0.3) is 0 Å². The smallest absolute Gasteiger partial charge is 0.293 e. The minimum Gasteiger partial charge on any atom is -0.497 e. The molecule has 1 saturated heterocycles. The monoisotopic (exact) mass is 516 g/mol. The Bertz CT molecular complexity index is 1120. The number of methoxy groups -OCH3 is 1. The molecule has 1 fully saturated rings. The number of carbonyl (C=O) groups is 2. The molecule has 1 amide bonds. The Morgan fingerprint density at radius 2 is 1.82 bits per heavy atom. The number of amides is 1. The maximum Gasteiger partial charge on any atom is 0.293 e. The first-order valence-corrected chi connectivity index (χ1v) is 12.6. The molecule has 0 bridgehead atoms. The number of hydrogen-bond donors (Lipinski definition) is 1. The van der Waals surface area contributed by atoms with Gasteiger partial charge in [0.05, 0.1) is 7.11 Å². The molecule has 2 aromatic carbocycles. The van der Waals surface area contributed by atoms with Crippen LogP contribution < -0.4 is 10.1 Å². The van der Waals surface area contributed by atoms with Crippen molar-refractivity contribution >= 4 is 12.4 Å². The number of likely N-dealkylation sites (N-methyl/N-ethyl adjacent to an activating group) is 1. The van der Waals surface area contributed by atoms with E-state index in [0.29, 0.717) is 13.0 Å². The molecule has 0 aliphatic carbocycles. The second-order valence-corrected chi connectivity index (χ2v) is 9.58. The third-order valence-corrected chi connectivity index (χ3v) is 6.34. The van der Waals surface area contributed by atoms with E-state index in [0.717, 1.165) is 35.4 Å². The molecule has 0 radical (unpaired) electrons. The quantitative estimate of drug-likeness (QED) is 0.226. The van der Waals surface area contributed by atoms with Crippen LogP contribution in [-0.4, -0.2) is 50.1 Å². The van der Waals surface area contributed by atoms with E-state index >= 15 is 0 Å². The topological polar surface area (TPSA) is 67.9 Å². The molecule has 6 nitrogen and oxygen atoms in total. The molecule has 1 atom stereocenters. The zero-order valence-electron chi connectivity index (χ0n) is 23.0. The highest BCUT2D eigenvalue weighted by atomic mass is 16.5. The van der Waals surface area contributed by atoms with Gasteiger partial charge < -0.3 is 19.7 Å². The molecule has 1 aliphatic heterocycles. The Labute approximate surface area is 227 Å². The average molecular weight is 517 g/mol. The predicted octanol–water partition coefficient (Wildman–Crippen LogP) is 5.59. The highest BCUT2D eigenvalue weighted by molar-refractivity contribution is 5.97. The van der Waals surface area contributed by atoms with Gasteiger partial charge in [-0.1, -0.05) is 79.9 Å². The Morgan fingerprint density at radius 3 is 2.37 bits per heavy atom. The number of likely N-dealkylation sites (tertiary alicyclic amines) is 1. The molecule has 1 unspecified atom stereocenters. The normalized spacial score (nSPS) is 16.3. The summed E-state index contributed by atoms with van der Waals surface area (Å²) in [6.45, 7) is 13.4. The first-order valence-electron chi connectivity index (χ1n) is 12.6. The Kier molecular flexibility index (Phi) is 12.3. The van der Waals surface area contributed by atoms with E-state index in [9.17, 15) is 9.59 Å². The first kappa shape index (κ1) is 30.3. The van der Waals surface area contributed by atoms with E-state index in [1.54, 1.807) is 25.3 Å². The summed E-state index contributed by atoms with van der Waals surface area (Å²) < 4.78 is 9.70. The van der Waals surface area contributed by atoms with Gasteiger partial charge in [0, 0.05) is 36.5 Å². The van der Waals surface area contributed by atoms with Gasteiger partial charge in [-0.15, -0.1) is 0 Å². The zero-order chi connectivity index (χ0) is 28.0. The zero-order valence-corrected chi connectivity index (χ0v) is 23.0. The lowest BCUT2D eigenvalue weighted by atomic mass is 9.93. The van der Waals surface area contributed by atoms with Crippen molar-refractivity contribution in [2.75, 3.05) is 27.3 Å². The highest BCUT2D eigenvalue weighted by Gasteiger charge is 2.41. The molecule has 1 heterocycles. The maximum absolute atomic E-state index is 13.2. The molecule has 1 aliphatic rings. The lowest BCUT2D eigenvalue weighted by Crippen LogP contribution is -2.40. The van der Waals surface area contributed by atoms with Crippen LogP contribution in [0.2, 0.25) is 0 Å². The van der Waals surface area contributed by atoms with Crippen molar-refractivity contribution in [2.45, 2.75) is 38.3 Å². The largest absolute Gasteiger partial charge is 0.497 e. The SMILES string of the molecule is C=C/C=C(\C=C)COC=O.CNCC(/C=C1\CC(C)(C)N(Cc2ccc(OC)cc2)C1=O)c1ccccc1. The molecule has 0 saturated carbocycles. The van der Waals surface area contributed by atoms with Gasteiger partial charge in [-0.05, 0) is 49.7 Å². The second kappa shape index (κ2) is 15.4. The molecular formula is C32H40N2O4. The van der Waals surface area contributed by atoms with Crippen LogP contribution in [0.4, 0.5) is 0 Å². The van der Waals surface area contributed by atoms with Crippen LogP contribution >= 0.6 is 0 Å². The maximum atomic E-state index is 13.2. The molecule has 38 heavy (non-hydrogen) atoms. The van der Waals surface area contributed by atoms with Gasteiger partial charge in [-0.25, -0.2) is 0 Å². The summed E-state index contributed by atoms with van der Waals surface area (Å²) in [6, 6.07) is 18.3. The van der Waals surface area contributed by atoms with Gasteiger partial charge in [0.1, 0.15) is 12.4 Å². The van der Waals surface area contributed by atoms with Crippen LogP contribution in [0.1, 0.15) is 37.3 Å². The van der Waals surface area contributed by atoms with Crippen molar-refractivity contribution in [2.24, 2.45) is 0 Å². The Balaban J connectivity index is 0.000000432. The molecule has 3 rings (SSSR count). The Morgan fingerprint density at radius 1 is 1.13 bits per heavy atom. The third-order valence-electron chi connectivity index (χ3n) is 6.34. The van der Waals surface area contributed by atoms with Gasteiger partial charge in [0.15, 0.2) is 0 Å². The number of hydrogen-bond acceptors (Lipinski definition) is 5. The lowest BCUT2D eigenvalue weighted by Gasteiger charge is -2.31. The van der Waals surface area contributed by atoms with Crippen LogP contribution in [-0.2, 0) is 20.9 Å². The minimum atomic E-state index is -0.205. The van der Waals surface area contributed by atoms with E-state index in [1.807, 2.05) is 54.4 Å². The van der Waals surface area contributed by atoms with Gasteiger partial charge in [0.2, 0.25) is 5.91 Å². The fourth-order valence-electron chi connectivity index (χ4n) is 4.31. The number of ether oxygens (including phenoxy) is 2. The summed E-state index contributed by atoms with van der Waals surface area (Å²) in [6.07, 6.45) is 7.88. The van der Waals surface area contributed by atoms with Crippen molar-refractivity contribution in [3.05, 3.63) is 114 Å². The Hall–Kier alpha value is -3.90. The number of nitrogens with one attached hydrogen (secondary N) is 1. The summed E-state index contributed by atoms with van der Waals surface area (Å²) in [5, 5.41) is 3.26. The van der Waals surface area contributed by atoms with Gasteiger partial charge in [-0.2, -0.15) is 0 Å². The van der Waals surface area contributed by atoms with Crippen molar-refractivity contribution in [3.63, 3.8) is 0 Å². The van der Waals surface area contributed by atoms with Crippen LogP contribution in [0.3, 0.4) is 0 Å². The number of carbonyl (C=O) groups excluding carboxylic acids is 2. The summed E-state index contributed by atoms with van der Waals surface area (Å²) in [4.78, 5) is 24.9. The van der Waals surface area contributed by atoms with Crippen LogP contribution in [0, 0.1) is 0 Å². The molecular weight excluding hydrogens is 476 g/mol. The number of allylic oxidation sites excluding steroid dienone is 2. The summed E-state index contributed by atoms with van der Waals surface area (Å²) in [5.74, 6) is 1.15. The molecule has 0 aromatic heterocycles. The summed E-state index contributed by atoms with van der Waals surface area (Å²) in [7, 11) is 3.61. The van der Waals surface area contributed by atoms with Crippen molar-refractivity contribution in [1.29, 1.82) is 0 Å². The van der Waals surface area contributed by atoms with Crippen LogP contribution in [0.15, 0.2) is 103 Å². The van der Waals surface area contributed by atoms with E-state index in [2.05, 4.69) is 55.3 Å². The fraction of sp³-hybridized carbons (Fsp3) is 0.312. The molecule has 2 aromatic rings.